The molecular weight excluding hydrogens is 460 g/mol. The number of thiol groups is 1. The highest BCUT2D eigenvalue weighted by Crippen LogP contribution is 2.05. The quantitative estimate of drug-likeness (QED) is 0.120. The van der Waals surface area contributed by atoms with Gasteiger partial charge >= 0.3 is 11.9 Å². The lowest BCUT2D eigenvalue weighted by Gasteiger charge is -2.25. The van der Waals surface area contributed by atoms with Crippen molar-refractivity contribution in [1.82, 2.24) is 25.9 Å². The fourth-order valence-corrected chi connectivity index (χ4v) is 2.83. The minimum Gasteiger partial charge on any atom is -0.481 e. The van der Waals surface area contributed by atoms with Crippen molar-refractivity contribution in [3.8, 4) is 0 Å². The smallest absolute Gasteiger partial charge is 0.327 e. The van der Waals surface area contributed by atoms with Gasteiger partial charge in [-0.05, 0) is 13.3 Å². The van der Waals surface area contributed by atoms with Gasteiger partial charge in [-0.2, -0.15) is 12.6 Å². The van der Waals surface area contributed by atoms with Crippen LogP contribution in [-0.4, -0.2) is 91.0 Å². The second kappa shape index (κ2) is 13.4. The van der Waals surface area contributed by atoms with Crippen LogP contribution in [-0.2, 0) is 30.4 Å². The van der Waals surface area contributed by atoms with Crippen LogP contribution in [0.3, 0.4) is 0 Å². The van der Waals surface area contributed by atoms with Crippen molar-refractivity contribution in [2.24, 2.45) is 5.73 Å². The molecule has 0 fully saturated rings. The fourth-order valence-electron chi connectivity index (χ4n) is 2.58. The molecule has 1 rings (SSSR count). The maximum atomic E-state index is 12.9. The van der Waals surface area contributed by atoms with Crippen molar-refractivity contribution >= 4 is 42.3 Å². The molecule has 33 heavy (non-hydrogen) atoms. The number of aliphatic carboxylic acids is 2. The molecule has 0 spiro atoms. The van der Waals surface area contributed by atoms with Crippen LogP contribution < -0.4 is 21.7 Å². The normalized spacial score (nSPS) is 15.4. The van der Waals surface area contributed by atoms with Crippen LogP contribution in [0.1, 0.15) is 25.5 Å². The van der Waals surface area contributed by atoms with Crippen LogP contribution >= 0.6 is 12.6 Å². The third-order valence-electron chi connectivity index (χ3n) is 4.51. The van der Waals surface area contributed by atoms with Crippen LogP contribution in [0.25, 0.3) is 0 Å². The Kier molecular flexibility index (Phi) is 11.3. The predicted octanol–water partition coefficient (Wildman–Crippen LogP) is -3.01. The monoisotopic (exact) mass is 488 g/mol. The lowest BCUT2D eigenvalue weighted by atomic mass is 10.1. The summed E-state index contributed by atoms with van der Waals surface area (Å²) in [5, 5.41) is 34.5. The number of rotatable bonds is 14. The summed E-state index contributed by atoms with van der Waals surface area (Å²) in [5.74, 6) is -5.47. The number of carbonyl (C=O) groups excluding carboxylic acids is 3. The first-order valence-electron chi connectivity index (χ1n) is 9.83. The molecule has 14 nitrogen and oxygen atoms in total. The summed E-state index contributed by atoms with van der Waals surface area (Å²) < 4.78 is 0. The Labute approximate surface area is 194 Å². The van der Waals surface area contributed by atoms with E-state index in [0.29, 0.717) is 5.69 Å². The van der Waals surface area contributed by atoms with Crippen molar-refractivity contribution in [3.63, 3.8) is 0 Å². The van der Waals surface area contributed by atoms with Gasteiger partial charge in [-0.1, -0.05) is 0 Å². The highest BCUT2D eigenvalue weighted by atomic mass is 32.1. The van der Waals surface area contributed by atoms with E-state index in [4.69, 9.17) is 15.9 Å². The number of aliphatic hydroxyl groups is 1. The first kappa shape index (κ1) is 27.9. The minimum atomic E-state index is -1.41. The van der Waals surface area contributed by atoms with E-state index in [1.54, 1.807) is 0 Å². The molecule has 0 aromatic carbocycles. The third kappa shape index (κ3) is 9.46. The molecule has 0 aliphatic heterocycles. The Bertz CT molecular complexity index is 834. The summed E-state index contributed by atoms with van der Waals surface area (Å²) in [7, 11) is 0. The fraction of sp³-hybridized carbons (Fsp3) is 0.556. The number of aromatic amines is 1. The van der Waals surface area contributed by atoms with Crippen LogP contribution in [0.5, 0.6) is 0 Å². The van der Waals surface area contributed by atoms with Crippen LogP contribution in [0.2, 0.25) is 0 Å². The summed E-state index contributed by atoms with van der Waals surface area (Å²) in [5.41, 5.74) is 6.06. The zero-order valence-corrected chi connectivity index (χ0v) is 18.6. The Hall–Kier alpha value is -3.17. The van der Waals surface area contributed by atoms with Crippen molar-refractivity contribution in [2.45, 2.75) is 56.5 Å². The number of amides is 3. The molecule has 0 saturated heterocycles. The van der Waals surface area contributed by atoms with E-state index >= 15 is 0 Å². The number of nitrogens with two attached hydrogens (primary N) is 1. The van der Waals surface area contributed by atoms with Gasteiger partial charge in [-0.25, -0.2) is 9.78 Å². The van der Waals surface area contributed by atoms with Crippen molar-refractivity contribution < 1.29 is 39.3 Å². The van der Waals surface area contributed by atoms with Crippen molar-refractivity contribution in [3.05, 3.63) is 18.2 Å². The Morgan fingerprint density at radius 3 is 2.12 bits per heavy atom. The molecule has 1 heterocycles. The number of aromatic nitrogens is 2. The predicted molar refractivity (Wildman–Crippen MR) is 116 cm³/mol. The van der Waals surface area contributed by atoms with E-state index in [1.165, 1.54) is 19.4 Å². The molecule has 0 radical (unpaired) electrons. The van der Waals surface area contributed by atoms with Gasteiger partial charge in [0.25, 0.3) is 0 Å². The molecule has 9 N–H and O–H groups in total. The zero-order valence-electron chi connectivity index (χ0n) is 17.7. The van der Waals surface area contributed by atoms with Gasteiger partial charge in [-0.15, -0.1) is 0 Å². The average Bonchev–Trinajstić information content (AvgIpc) is 3.25. The number of nitrogens with one attached hydrogen (secondary N) is 4. The molecule has 1 aromatic heterocycles. The number of carboxylic acid groups (broad SMARTS) is 2. The van der Waals surface area contributed by atoms with Crippen molar-refractivity contribution in [2.75, 3.05) is 5.75 Å². The van der Waals surface area contributed by atoms with E-state index in [0.717, 1.165) is 0 Å². The SMILES string of the molecule is CC(O)C(N)C(=O)NC(Cc1cnc[nH]1)C(=O)NC(CCC(=O)O)C(=O)NC(CS)C(=O)O. The van der Waals surface area contributed by atoms with E-state index in [2.05, 4.69) is 38.5 Å². The topological polar surface area (TPSA) is 237 Å². The molecule has 1 aromatic rings. The molecule has 184 valence electrons. The van der Waals surface area contributed by atoms with E-state index < -0.39 is 66.4 Å². The standard InChI is InChI=1S/C18H28N6O8S/c1-8(25)14(19)17(30)23-11(4-9-5-20-7-21-9)16(29)22-10(2-3-13(26)27)15(28)24-12(6-33)18(31)32/h5,7-8,10-12,14,25,33H,2-4,6,19H2,1H3,(H,20,21)(H,22,29)(H,23,30)(H,24,28)(H,26,27)(H,31,32). The maximum Gasteiger partial charge on any atom is 0.327 e. The molecular formula is C18H28N6O8S. The van der Waals surface area contributed by atoms with E-state index in [9.17, 15) is 29.1 Å². The number of H-pyrrole nitrogens is 1. The number of carbonyl (C=O) groups is 5. The number of carboxylic acids is 2. The van der Waals surface area contributed by atoms with Crippen LogP contribution in [0.4, 0.5) is 0 Å². The second-order valence-electron chi connectivity index (χ2n) is 7.18. The summed E-state index contributed by atoms with van der Waals surface area (Å²) in [6.07, 6.45) is 0.612. The molecule has 0 bridgehead atoms. The summed E-state index contributed by atoms with van der Waals surface area (Å²) in [4.78, 5) is 66.5. The summed E-state index contributed by atoms with van der Waals surface area (Å²) >= 11 is 3.84. The van der Waals surface area contributed by atoms with Crippen LogP contribution in [0, 0.1) is 0 Å². The summed E-state index contributed by atoms with van der Waals surface area (Å²) in [6, 6.07) is -5.39. The first-order valence-corrected chi connectivity index (χ1v) is 10.5. The average molecular weight is 489 g/mol. The highest BCUT2D eigenvalue weighted by Gasteiger charge is 2.31. The van der Waals surface area contributed by atoms with Crippen LogP contribution in [0.15, 0.2) is 12.5 Å². The Morgan fingerprint density at radius 2 is 1.64 bits per heavy atom. The van der Waals surface area contributed by atoms with Gasteiger partial charge in [-0.3, -0.25) is 19.2 Å². The largest absolute Gasteiger partial charge is 0.481 e. The van der Waals surface area contributed by atoms with Gasteiger partial charge in [0.2, 0.25) is 17.7 Å². The molecule has 3 amide bonds. The lowest BCUT2D eigenvalue weighted by molar-refractivity contribution is -0.142. The molecule has 5 unspecified atom stereocenters. The molecule has 0 aliphatic rings. The number of hydrogen-bond acceptors (Lipinski definition) is 9. The summed E-state index contributed by atoms with van der Waals surface area (Å²) in [6.45, 7) is 1.29. The molecule has 15 heteroatoms. The number of imidazole rings is 1. The molecule has 5 atom stereocenters. The van der Waals surface area contributed by atoms with E-state index in [-0.39, 0.29) is 18.6 Å². The Balaban J connectivity index is 3.05. The number of nitrogens with zero attached hydrogens (tertiary/aromatic N) is 1. The van der Waals surface area contributed by atoms with Crippen molar-refractivity contribution in [1.29, 1.82) is 0 Å². The van der Waals surface area contributed by atoms with Gasteiger partial charge in [0.1, 0.15) is 24.2 Å². The lowest BCUT2D eigenvalue weighted by Crippen LogP contribution is -2.58. The number of aliphatic hydroxyl groups excluding tert-OH is 1. The maximum absolute atomic E-state index is 12.9. The minimum absolute atomic E-state index is 0.0915. The third-order valence-corrected chi connectivity index (χ3v) is 4.88. The number of hydrogen-bond donors (Lipinski definition) is 9. The zero-order chi connectivity index (χ0) is 25.1. The van der Waals surface area contributed by atoms with E-state index in [1.807, 2.05) is 0 Å². The van der Waals surface area contributed by atoms with Gasteiger partial charge in [0, 0.05) is 30.5 Å². The first-order chi connectivity index (χ1) is 15.5. The molecule has 0 aliphatic carbocycles. The highest BCUT2D eigenvalue weighted by molar-refractivity contribution is 7.80. The molecule has 0 saturated carbocycles. The van der Waals surface area contributed by atoms with Gasteiger partial charge in [0.05, 0.1) is 12.4 Å². The van der Waals surface area contributed by atoms with Gasteiger partial charge in [0.15, 0.2) is 0 Å². The second-order valence-corrected chi connectivity index (χ2v) is 7.55. The Morgan fingerprint density at radius 1 is 1.06 bits per heavy atom. The van der Waals surface area contributed by atoms with Gasteiger partial charge < -0.3 is 42.0 Å².